The average Bonchev–Trinajstić information content (AvgIpc) is 3.22. The molecule has 0 saturated heterocycles. The van der Waals surface area contributed by atoms with Crippen molar-refractivity contribution in [1.29, 1.82) is 0 Å². The third kappa shape index (κ3) is 6.02. The van der Waals surface area contributed by atoms with E-state index in [1.165, 1.54) is 4.57 Å². The van der Waals surface area contributed by atoms with Gasteiger partial charge in [0.2, 0.25) is 10.1 Å². The number of aryl methyl sites for hydroxylation is 1. The van der Waals surface area contributed by atoms with Gasteiger partial charge in [-0.05, 0) is 54.1 Å². The van der Waals surface area contributed by atoms with Gasteiger partial charge in [0.1, 0.15) is 5.75 Å². The first kappa shape index (κ1) is 28.8. The van der Waals surface area contributed by atoms with Gasteiger partial charge >= 0.3 is 0 Å². The van der Waals surface area contributed by atoms with Gasteiger partial charge in [-0.1, -0.05) is 6.07 Å². The molecule has 0 unspecified atom stereocenters. The zero-order chi connectivity index (χ0) is 28.1. The maximum absolute atomic E-state index is 14.1. The molecule has 5 aromatic rings. The molecule has 14 heteroatoms. The zero-order valence-electron chi connectivity index (χ0n) is 20.1. The quantitative estimate of drug-likeness (QED) is 0.0897. The molecule has 0 bridgehead atoms. The van der Waals surface area contributed by atoms with Crippen LogP contribution in [0.1, 0.15) is 0 Å². The summed E-state index contributed by atoms with van der Waals surface area (Å²) in [6, 6.07) is 17.9. The number of ether oxygens (including phenoxy) is 2. The van der Waals surface area contributed by atoms with E-state index in [0.29, 0.717) is 28.0 Å². The molecule has 0 aliphatic carbocycles. The molecular weight excluding hydrogens is 629 g/mol. The molecule has 5 rings (SSSR count). The number of nitrogens with zero attached hydrogens (tertiary/aromatic N) is 4. The van der Waals surface area contributed by atoms with E-state index in [9.17, 15) is 4.79 Å². The molecule has 0 amide bonds. The molecule has 0 atom stereocenters. The monoisotopic (exact) mass is 650 g/mol. The van der Waals surface area contributed by atoms with Crippen molar-refractivity contribution in [1.82, 2.24) is 19.3 Å². The Morgan fingerprint density at radius 1 is 0.897 bits per heavy atom. The molecule has 0 aliphatic heterocycles. The molecule has 2 aromatic carbocycles. The highest BCUT2D eigenvalue weighted by molar-refractivity contribution is 8.20. The third-order valence-corrected chi connectivity index (χ3v) is 8.84. The average molecular weight is 651 g/mol. The molecule has 202 valence electrons. The number of benzene rings is 2. The van der Waals surface area contributed by atoms with Crippen molar-refractivity contribution in [3.05, 3.63) is 77.2 Å². The second-order valence-corrected chi connectivity index (χ2v) is 14.6. The molecule has 7 nitrogen and oxygen atoms in total. The van der Waals surface area contributed by atoms with Crippen molar-refractivity contribution in [3.8, 4) is 28.4 Å². The topological polar surface area (TPSA) is 71.2 Å². The number of thiol groups is 7. The molecule has 39 heavy (non-hydrogen) atoms. The molecule has 0 saturated carbocycles. The minimum Gasteiger partial charge on any atom is -0.470 e. The minimum atomic E-state index is -1.51. The number of rotatable bonds is 7. The Balaban J connectivity index is 1.71. The van der Waals surface area contributed by atoms with Gasteiger partial charge in [-0.15, -0.1) is 88.4 Å². The number of pyridine rings is 2. The van der Waals surface area contributed by atoms with Crippen molar-refractivity contribution in [3.63, 3.8) is 0 Å². The van der Waals surface area contributed by atoms with Crippen LogP contribution in [0.5, 0.6) is 11.6 Å². The fourth-order valence-corrected chi connectivity index (χ4v) is 4.56. The zero-order valence-corrected chi connectivity index (χ0v) is 26.3. The lowest BCUT2D eigenvalue weighted by molar-refractivity contribution is 0.262. The van der Waals surface area contributed by atoms with Crippen LogP contribution in [0.2, 0.25) is 0 Å². The van der Waals surface area contributed by atoms with E-state index in [2.05, 4.69) is 98.5 Å². The molecule has 3 heterocycles. The lowest BCUT2D eigenvalue weighted by atomic mass is 10.0. The van der Waals surface area contributed by atoms with Crippen LogP contribution in [0.4, 0.5) is 0 Å². The van der Waals surface area contributed by atoms with E-state index in [1.807, 2.05) is 31.4 Å². The van der Waals surface area contributed by atoms with Crippen molar-refractivity contribution >= 4 is 110 Å². The van der Waals surface area contributed by atoms with Crippen molar-refractivity contribution in [2.45, 2.75) is 12.4 Å². The van der Waals surface area contributed by atoms with Gasteiger partial charge in [0.15, 0.2) is 13.8 Å². The van der Waals surface area contributed by atoms with E-state index in [1.54, 1.807) is 47.1 Å². The summed E-state index contributed by atoms with van der Waals surface area (Å²) in [5.41, 5.74) is 2.73. The normalized spacial score (nSPS) is 12.4. The van der Waals surface area contributed by atoms with E-state index in [-0.39, 0.29) is 11.4 Å². The van der Waals surface area contributed by atoms with Crippen LogP contribution in [0, 0.1) is 0 Å². The summed E-state index contributed by atoms with van der Waals surface area (Å²) in [4.78, 5) is 18.7. The minimum absolute atomic E-state index is 0.152. The Kier molecular flexibility index (Phi) is 8.10. The van der Waals surface area contributed by atoms with Gasteiger partial charge in [-0.2, -0.15) is 10.1 Å². The largest absolute Gasteiger partial charge is 0.470 e. The van der Waals surface area contributed by atoms with Gasteiger partial charge < -0.3 is 9.47 Å². The number of hydrogen-bond donors (Lipinski definition) is 7. The highest BCUT2D eigenvalue weighted by atomic mass is 32.2. The summed E-state index contributed by atoms with van der Waals surface area (Å²) in [5.74, 6) is 0.698. The summed E-state index contributed by atoms with van der Waals surface area (Å²) in [5, 5.41) is 6.05. The highest BCUT2D eigenvalue weighted by Gasteiger charge is 2.41. The fourth-order valence-electron chi connectivity index (χ4n) is 4.00. The number of fused-ring (bicyclic) bond motifs is 2. The van der Waals surface area contributed by atoms with Gasteiger partial charge in [0, 0.05) is 35.6 Å². The molecule has 0 fully saturated rings. The first-order valence-electron chi connectivity index (χ1n) is 11.3. The lowest BCUT2D eigenvalue weighted by Gasteiger charge is -2.33. The summed E-state index contributed by atoms with van der Waals surface area (Å²) >= 11 is 29.9. The molecule has 0 spiro atoms. The standard InChI is InChI=1S/C25H22N4O3S7/c1-28-12-15-10-13(2-8-19(15)27-28)18-11-14-3-9-20(32-24(35,36)25(37,38)39)26-21(14)29(22(18)30)16-4-6-17(7-5-16)31-23(33)34/h2-12,23,33-39H,1H3. The maximum Gasteiger partial charge on any atom is 0.264 e. The van der Waals surface area contributed by atoms with Gasteiger partial charge in [-0.25, -0.2) is 0 Å². The van der Waals surface area contributed by atoms with E-state index >= 15 is 0 Å². The fraction of sp³-hybridized carbons (Fsp3) is 0.160. The Labute approximate surface area is 262 Å². The number of aromatic nitrogens is 4. The van der Waals surface area contributed by atoms with E-state index in [4.69, 9.17) is 9.47 Å². The summed E-state index contributed by atoms with van der Waals surface area (Å²) < 4.78 is 11.2. The van der Waals surface area contributed by atoms with Crippen molar-refractivity contribution in [2.75, 3.05) is 0 Å². The van der Waals surface area contributed by atoms with Crippen molar-refractivity contribution < 1.29 is 9.47 Å². The first-order valence-corrected chi connectivity index (χ1v) is 14.5. The molecule has 0 N–H and O–H groups in total. The van der Waals surface area contributed by atoms with Crippen LogP contribution in [0.3, 0.4) is 0 Å². The predicted molar refractivity (Wildman–Crippen MR) is 180 cm³/mol. The Morgan fingerprint density at radius 3 is 2.28 bits per heavy atom. The predicted octanol–water partition coefficient (Wildman–Crippen LogP) is 5.80. The second kappa shape index (κ2) is 11.0. The maximum atomic E-state index is 14.1. The van der Waals surface area contributed by atoms with Crippen LogP contribution in [-0.4, -0.2) is 31.8 Å². The summed E-state index contributed by atoms with van der Waals surface area (Å²) in [6.45, 7) is 0. The smallest absolute Gasteiger partial charge is 0.264 e. The Morgan fingerprint density at radius 2 is 1.62 bits per heavy atom. The van der Waals surface area contributed by atoms with Crippen LogP contribution in [-0.2, 0) is 7.05 Å². The highest BCUT2D eigenvalue weighted by Crippen LogP contribution is 2.45. The molecule has 0 radical (unpaired) electrons. The summed E-state index contributed by atoms with van der Waals surface area (Å²) in [7, 11) is 1.86. The van der Waals surface area contributed by atoms with Gasteiger partial charge in [0.25, 0.3) is 5.56 Å². The van der Waals surface area contributed by atoms with Crippen LogP contribution >= 0.6 is 88.4 Å². The van der Waals surface area contributed by atoms with Crippen LogP contribution in [0.15, 0.2) is 71.7 Å². The molecule has 3 aromatic heterocycles. The van der Waals surface area contributed by atoms with Gasteiger partial charge in [0.05, 0.1) is 11.2 Å². The Bertz CT molecular complexity index is 1750. The summed E-state index contributed by atoms with van der Waals surface area (Å²) in [6.07, 6.45) is 1.91. The molecular formula is C25H22N4O3S7. The third-order valence-electron chi connectivity index (χ3n) is 5.78. The first-order chi connectivity index (χ1) is 18.3. The lowest BCUT2D eigenvalue weighted by Crippen LogP contribution is -2.38. The van der Waals surface area contributed by atoms with Gasteiger partial charge in [-0.3, -0.25) is 14.0 Å². The SMILES string of the molecule is Cn1cc2cc(-c3cc4ccc(OC(S)(S)C(S)(S)S)nc4n(-c4ccc(OC(S)S)cc4)c3=O)ccc2n1. The Hall–Kier alpha value is -1.68. The van der Waals surface area contributed by atoms with Crippen LogP contribution in [0.25, 0.3) is 38.8 Å². The van der Waals surface area contributed by atoms with Crippen LogP contribution < -0.4 is 15.0 Å². The molecule has 0 aliphatic rings. The van der Waals surface area contributed by atoms with Crippen molar-refractivity contribution in [2.24, 2.45) is 7.05 Å². The van der Waals surface area contributed by atoms with E-state index in [0.717, 1.165) is 16.5 Å². The van der Waals surface area contributed by atoms with E-state index < -0.39 is 12.4 Å². The number of hydrogen-bond acceptors (Lipinski definition) is 12. The second-order valence-electron chi connectivity index (χ2n) is 8.62.